The van der Waals surface area contributed by atoms with Crippen LogP contribution in [0.1, 0.15) is 0 Å². The van der Waals surface area contributed by atoms with Gasteiger partial charge in [-0.3, -0.25) is 4.79 Å². The van der Waals surface area contributed by atoms with Crippen molar-refractivity contribution in [3.8, 4) is 0 Å². The first-order chi connectivity index (χ1) is 11.6. The molecule has 4 nitrogen and oxygen atoms in total. The molecular formula is C18H19Cl2N3O. The molecule has 0 aromatic heterocycles. The molecule has 126 valence electrons. The predicted molar refractivity (Wildman–Crippen MR) is 100 cm³/mol. The Morgan fingerprint density at radius 3 is 2.17 bits per heavy atom. The number of para-hydroxylation sites is 2. The molecule has 2 aromatic rings. The molecule has 6 heteroatoms. The zero-order valence-electron chi connectivity index (χ0n) is 13.2. The van der Waals surface area contributed by atoms with Crippen molar-refractivity contribution in [1.82, 2.24) is 4.90 Å². The summed E-state index contributed by atoms with van der Waals surface area (Å²) in [7, 11) is 0. The van der Waals surface area contributed by atoms with Gasteiger partial charge in [0.05, 0.1) is 22.3 Å². The maximum Gasteiger partial charge on any atom is 0.241 e. The third-order valence-corrected chi connectivity index (χ3v) is 4.76. The van der Waals surface area contributed by atoms with Gasteiger partial charge in [-0.1, -0.05) is 47.5 Å². The zero-order valence-corrected chi connectivity index (χ0v) is 14.7. The molecule has 0 radical (unpaired) electrons. The summed E-state index contributed by atoms with van der Waals surface area (Å²) in [5.74, 6) is 0.0544. The molecule has 0 saturated carbocycles. The van der Waals surface area contributed by atoms with Crippen LogP contribution in [0, 0.1) is 0 Å². The number of anilines is 2. The number of carbonyl (C=O) groups is 1. The minimum Gasteiger partial charge on any atom is -0.374 e. The Labute approximate surface area is 152 Å². The molecule has 1 aliphatic rings. The van der Waals surface area contributed by atoms with Gasteiger partial charge in [-0.25, -0.2) is 0 Å². The Bertz CT molecular complexity index is 680. The maximum atomic E-state index is 12.4. The summed E-state index contributed by atoms with van der Waals surface area (Å²) in [6.45, 7) is 3.29. The van der Waals surface area contributed by atoms with Gasteiger partial charge in [-0.05, 0) is 24.3 Å². The highest BCUT2D eigenvalue weighted by Crippen LogP contribution is 2.29. The second kappa shape index (κ2) is 7.77. The number of carbonyl (C=O) groups excluding carboxylic acids is 1. The van der Waals surface area contributed by atoms with Gasteiger partial charge in [-0.15, -0.1) is 0 Å². The van der Waals surface area contributed by atoms with E-state index in [1.807, 2.05) is 23.1 Å². The van der Waals surface area contributed by atoms with E-state index in [4.69, 9.17) is 23.2 Å². The fourth-order valence-electron chi connectivity index (χ4n) is 2.80. The van der Waals surface area contributed by atoms with E-state index in [9.17, 15) is 4.79 Å². The Morgan fingerprint density at radius 1 is 0.917 bits per heavy atom. The first kappa shape index (κ1) is 16.9. The zero-order chi connectivity index (χ0) is 16.9. The minimum absolute atomic E-state index is 0.0544. The molecule has 1 amide bonds. The van der Waals surface area contributed by atoms with Gasteiger partial charge in [-0.2, -0.15) is 0 Å². The van der Waals surface area contributed by atoms with Gasteiger partial charge in [0.1, 0.15) is 0 Å². The van der Waals surface area contributed by atoms with Gasteiger partial charge >= 0.3 is 0 Å². The lowest BCUT2D eigenvalue weighted by Crippen LogP contribution is -2.50. The number of amides is 1. The number of hydrogen-bond acceptors (Lipinski definition) is 3. The molecule has 1 fully saturated rings. The average Bonchev–Trinajstić information content (AvgIpc) is 2.62. The Balaban J connectivity index is 1.52. The van der Waals surface area contributed by atoms with Crippen molar-refractivity contribution in [1.29, 1.82) is 0 Å². The van der Waals surface area contributed by atoms with Crippen LogP contribution in [0.3, 0.4) is 0 Å². The lowest BCUT2D eigenvalue weighted by atomic mass is 10.2. The average molecular weight is 364 g/mol. The highest BCUT2D eigenvalue weighted by Gasteiger charge is 2.21. The van der Waals surface area contributed by atoms with Crippen LogP contribution in [-0.2, 0) is 4.79 Å². The Hall–Kier alpha value is -1.91. The Kier molecular flexibility index (Phi) is 5.48. The molecule has 24 heavy (non-hydrogen) atoms. The first-order valence-electron chi connectivity index (χ1n) is 7.91. The molecule has 0 spiro atoms. The van der Waals surface area contributed by atoms with Crippen molar-refractivity contribution in [2.75, 3.05) is 42.9 Å². The van der Waals surface area contributed by atoms with Gasteiger partial charge < -0.3 is 15.1 Å². The number of benzene rings is 2. The molecule has 3 rings (SSSR count). The summed E-state index contributed by atoms with van der Waals surface area (Å²) < 4.78 is 0. The third-order valence-electron chi connectivity index (χ3n) is 4.13. The summed E-state index contributed by atoms with van der Waals surface area (Å²) in [6, 6.07) is 15.5. The number of piperazine rings is 1. The summed E-state index contributed by atoms with van der Waals surface area (Å²) in [5.41, 5.74) is 1.81. The highest BCUT2D eigenvalue weighted by molar-refractivity contribution is 6.39. The van der Waals surface area contributed by atoms with Crippen LogP contribution in [0.5, 0.6) is 0 Å². The third kappa shape index (κ3) is 3.94. The van der Waals surface area contributed by atoms with E-state index in [1.54, 1.807) is 18.2 Å². The maximum absolute atomic E-state index is 12.4. The molecule has 1 aliphatic heterocycles. The van der Waals surface area contributed by atoms with Crippen molar-refractivity contribution >= 4 is 40.5 Å². The second-order valence-corrected chi connectivity index (χ2v) is 6.47. The quantitative estimate of drug-likeness (QED) is 0.898. The molecular weight excluding hydrogens is 345 g/mol. The fraction of sp³-hybridized carbons (Fsp3) is 0.278. The van der Waals surface area contributed by atoms with Crippen molar-refractivity contribution in [3.63, 3.8) is 0 Å². The van der Waals surface area contributed by atoms with Crippen molar-refractivity contribution in [2.45, 2.75) is 0 Å². The van der Waals surface area contributed by atoms with Crippen LogP contribution in [0.4, 0.5) is 11.4 Å². The molecule has 0 unspecified atom stereocenters. The van der Waals surface area contributed by atoms with Crippen LogP contribution in [0.15, 0.2) is 48.5 Å². The smallest absolute Gasteiger partial charge is 0.241 e. The molecule has 0 atom stereocenters. The number of rotatable bonds is 4. The molecule has 0 aliphatic carbocycles. The van der Waals surface area contributed by atoms with Crippen molar-refractivity contribution in [3.05, 3.63) is 58.6 Å². The van der Waals surface area contributed by atoms with Gasteiger partial charge in [0.15, 0.2) is 0 Å². The minimum atomic E-state index is 0.0544. The van der Waals surface area contributed by atoms with Crippen LogP contribution in [0.25, 0.3) is 0 Å². The second-order valence-electron chi connectivity index (χ2n) is 5.65. The van der Waals surface area contributed by atoms with Gasteiger partial charge in [0.25, 0.3) is 0 Å². The molecule has 2 aromatic carbocycles. The lowest BCUT2D eigenvalue weighted by molar-refractivity contribution is -0.129. The number of nitrogens with one attached hydrogen (secondary N) is 1. The van der Waals surface area contributed by atoms with Crippen molar-refractivity contribution < 1.29 is 4.79 Å². The standard InChI is InChI=1S/C18H19Cl2N3O/c19-15-7-4-8-16(20)18(15)21-13-17(24)23-11-9-22(10-12-23)14-5-2-1-3-6-14/h1-8,21H,9-13H2. The summed E-state index contributed by atoms with van der Waals surface area (Å²) >= 11 is 12.2. The molecule has 0 bridgehead atoms. The largest absolute Gasteiger partial charge is 0.374 e. The van der Waals surface area contributed by atoms with E-state index in [0.29, 0.717) is 28.8 Å². The van der Waals surface area contributed by atoms with E-state index in [0.717, 1.165) is 13.1 Å². The van der Waals surface area contributed by atoms with Crippen molar-refractivity contribution in [2.24, 2.45) is 0 Å². The summed E-state index contributed by atoms with van der Waals surface area (Å²) in [6.07, 6.45) is 0. The van der Waals surface area contributed by atoms with E-state index in [2.05, 4.69) is 22.3 Å². The molecule has 1 heterocycles. The van der Waals surface area contributed by atoms with Crippen LogP contribution in [0.2, 0.25) is 10.0 Å². The van der Waals surface area contributed by atoms with E-state index < -0.39 is 0 Å². The van der Waals surface area contributed by atoms with E-state index in [1.165, 1.54) is 5.69 Å². The molecule has 1 N–H and O–H groups in total. The van der Waals surface area contributed by atoms with Gasteiger partial charge in [0.2, 0.25) is 5.91 Å². The fourth-order valence-corrected chi connectivity index (χ4v) is 3.33. The van der Waals surface area contributed by atoms with Crippen LogP contribution >= 0.6 is 23.2 Å². The number of hydrogen-bond donors (Lipinski definition) is 1. The summed E-state index contributed by atoms with van der Waals surface area (Å²) in [5, 5.41) is 4.09. The number of nitrogens with zero attached hydrogens (tertiary/aromatic N) is 2. The monoisotopic (exact) mass is 363 g/mol. The number of halogens is 2. The lowest BCUT2D eigenvalue weighted by Gasteiger charge is -2.36. The highest BCUT2D eigenvalue weighted by atomic mass is 35.5. The first-order valence-corrected chi connectivity index (χ1v) is 8.66. The summed E-state index contributed by atoms with van der Waals surface area (Å²) in [4.78, 5) is 16.6. The van der Waals surface area contributed by atoms with Gasteiger partial charge in [0, 0.05) is 31.9 Å². The topological polar surface area (TPSA) is 35.6 Å². The SMILES string of the molecule is O=C(CNc1c(Cl)cccc1Cl)N1CCN(c2ccccc2)CC1. The molecule has 1 saturated heterocycles. The van der Waals surface area contributed by atoms with Crippen LogP contribution < -0.4 is 10.2 Å². The van der Waals surface area contributed by atoms with Crippen LogP contribution in [-0.4, -0.2) is 43.5 Å². The normalized spacial score (nSPS) is 14.6. The predicted octanol–water partition coefficient (Wildman–Crippen LogP) is 3.75. The van der Waals surface area contributed by atoms with E-state index >= 15 is 0 Å². The Morgan fingerprint density at radius 2 is 1.54 bits per heavy atom. The van der Waals surface area contributed by atoms with E-state index in [-0.39, 0.29) is 12.5 Å².